The molecule has 0 radical (unpaired) electrons. The second-order valence-electron chi connectivity index (χ2n) is 9.08. The minimum absolute atomic E-state index is 0.283. The van der Waals surface area contributed by atoms with E-state index in [1.807, 2.05) is 12.1 Å². The van der Waals surface area contributed by atoms with Crippen LogP contribution in [0.25, 0.3) is 65.3 Å². The van der Waals surface area contributed by atoms with Gasteiger partial charge in [-0.15, -0.1) is 0 Å². The molecule has 7 rings (SSSR count). The Labute approximate surface area is 203 Å². The van der Waals surface area contributed by atoms with Crippen LogP contribution in [0.1, 0.15) is 0 Å². The molecule has 0 aliphatic rings. The third-order valence-corrected chi connectivity index (χ3v) is 7.13. The van der Waals surface area contributed by atoms with Crippen molar-refractivity contribution in [1.82, 2.24) is 0 Å². The van der Waals surface area contributed by atoms with Crippen molar-refractivity contribution in [2.24, 2.45) is 0 Å². The summed E-state index contributed by atoms with van der Waals surface area (Å²) in [5.41, 5.74) is 4.85. The first kappa shape index (κ1) is 19.8. The highest BCUT2D eigenvalue weighted by Gasteiger charge is 2.18. The highest BCUT2D eigenvalue weighted by atomic mass is 16.3. The van der Waals surface area contributed by atoms with E-state index in [9.17, 15) is 5.11 Å². The van der Waals surface area contributed by atoms with Crippen LogP contribution in [0.2, 0.25) is 0 Å². The van der Waals surface area contributed by atoms with Crippen molar-refractivity contribution >= 4 is 43.1 Å². The van der Waals surface area contributed by atoms with Crippen LogP contribution in [-0.4, -0.2) is 5.11 Å². The van der Waals surface area contributed by atoms with Gasteiger partial charge in [-0.1, -0.05) is 115 Å². The van der Waals surface area contributed by atoms with Gasteiger partial charge in [-0.05, 0) is 77.5 Å². The number of benzene rings is 7. The van der Waals surface area contributed by atoms with E-state index in [0.717, 1.165) is 16.3 Å². The summed E-state index contributed by atoms with van der Waals surface area (Å²) in [6.07, 6.45) is 0. The van der Waals surface area contributed by atoms with Gasteiger partial charge in [-0.3, -0.25) is 0 Å². The largest absolute Gasteiger partial charge is 0.508 e. The molecular weight excluding hydrogens is 424 g/mol. The maximum absolute atomic E-state index is 10.3. The molecule has 0 spiro atoms. The maximum Gasteiger partial charge on any atom is 0.116 e. The third kappa shape index (κ3) is 3.02. The predicted octanol–water partition coefficient (Wildman–Crippen LogP) is 9.34. The van der Waals surface area contributed by atoms with Crippen LogP contribution < -0.4 is 0 Å². The van der Waals surface area contributed by atoms with Crippen LogP contribution in [0.4, 0.5) is 0 Å². The van der Waals surface area contributed by atoms with Gasteiger partial charge < -0.3 is 5.11 Å². The monoisotopic (exact) mass is 446 g/mol. The lowest BCUT2D eigenvalue weighted by atomic mass is 9.84. The fourth-order valence-corrected chi connectivity index (χ4v) is 5.63. The fraction of sp³-hybridized carbons (Fsp3) is 0. The van der Waals surface area contributed by atoms with Crippen LogP contribution in [0.3, 0.4) is 0 Å². The standard InChI is InChI=1S/C34H22O/c35-24-20-19-23-11-8-18-31(32(23)21-24)34-29-15-5-3-13-27(29)33(28-14-4-6-16-30(28)34)26-17-7-10-22-9-1-2-12-25(22)26/h1-21,35H. The molecule has 0 amide bonds. The third-order valence-electron chi connectivity index (χ3n) is 7.13. The molecule has 164 valence electrons. The highest BCUT2D eigenvalue weighted by molar-refractivity contribution is 6.25. The van der Waals surface area contributed by atoms with Gasteiger partial charge in [0.1, 0.15) is 5.75 Å². The lowest BCUT2D eigenvalue weighted by Crippen LogP contribution is -1.92. The molecular formula is C34H22O. The zero-order chi connectivity index (χ0) is 23.4. The van der Waals surface area contributed by atoms with Crippen LogP contribution in [0.15, 0.2) is 127 Å². The molecule has 0 saturated carbocycles. The average molecular weight is 447 g/mol. The highest BCUT2D eigenvalue weighted by Crippen LogP contribution is 2.46. The van der Waals surface area contributed by atoms with Crippen LogP contribution in [0, 0.1) is 0 Å². The van der Waals surface area contributed by atoms with Crippen molar-refractivity contribution in [3.05, 3.63) is 127 Å². The summed E-state index contributed by atoms with van der Waals surface area (Å²) in [6.45, 7) is 0. The first-order valence-electron chi connectivity index (χ1n) is 11.9. The number of hydrogen-bond acceptors (Lipinski definition) is 1. The van der Waals surface area contributed by atoms with Gasteiger partial charge in [0.05, 0.1) is 0 Å². The number of phenols is 1. The van der Waals surface area contributed by atoms with Crippen molar-refractivity contribution in [1.29, 1.82) is 0 Å². The van der Waals surface area contributed by atoms with Crippen LogP contribution in [-0.2, 0) is 0 Å². The van der Waals surface area contributed by atoms with E-state index >= 15 is 0 Å². The Bertz CT molecular complexity index is 1850. The lowest BCUT2D eigenvalue weighted by Gasteiger charge is -2.19. The summed E-state index contributed by atoms with van der Waals surface area (Å²) in [4.78, 5) is 0. The molecule has 0 aromatic heterocycles. The molecule has 0 aliphatic heterocycles. The van der Waals surface area contributed by atoms with E-state index in [0.29, 0.717) is 0 Å². The topological polar surface area (TPSA) is 20.2 Å². The summed E-state index contributed by atoms with van der Waals surface area (Å²) in [6, 6.07) is 44.6. The SMILES string of the molecule is Oc1ccc2cccc(-c3c4ccccc4c(-c4cccc5ccccc45)c4ccccc34)c2c1. The molecule has 35 heavy (non-hydrogen) atoms. The Morgan fingerprint density at radius 3 is 1.34 bits per heavy atom. The van der Waals surface area contributed by atoms with Gasteiger partial charge in [0, 0.05) is 0 Å². The van der Waals surface area contributed by atoms with Gasteiger partial charge in [-0.25, -0.2) is 0 Å². The molecule has 0 unspecified atom stereocenters. The zero-order valence-corrected chi connectivity index (χ0v) is 19.1. The predicted molar refractivity (Wildman–Crippen MR) is 149 cm³/mol. The minimum Gasteiger partial charge on any atom is -0.508 e. The van der Waals surface area contributed by atoms with E-state index in [1.54, 1.807) is 6.07 Å². The molecule has 0 saturated heterocycles. The van der Waals surface area contributed by atoms with Gasteiger partial charge in [0.25, 0.3) is 0 Å². The van der Waals surface area contributed by atoms with Gasteiger partial charge in [0.15, 0.2) is 0 Å². The number of fused-ring (bicyclic) bond motifs is 4. The van der Waals surface area contributed by atoms with Crippen molar-refractivity contribution in [2.75, 3.05) is 0 Å². The Balaban J connectivity index is 1.70. The van der Waals surface area contributed by atoms with Crippen LogP contribution in [0.5, 0.6) is 5.75 Å². The summed E-state index contributed by atoms with van der Waals surface area (Å²) in [5.74, 6) is 0.283. The summed E-state index contributed by atoms with van der Waals surface area (Å²) in [5, 5.41) is 19.9. The Morgan fingerprint density at radius 1 is 0.343 bits per heavy atom. The molecule has 0 aliphatic carbocycles. The molecule has 0 fully saturated rings. The van der Waals surface area contributed by atoms with Crippen molar-refractivity contribution in [3.63, 3.8) is 0 Å². The molecule has 1 nitrogen and oxygen atoms in total. The zero-order valence-electron chi connectivity index (χ0n) is 19.1. The first-order chi connectivity index (χ1) is 17.3. The molecule has 0 atom stereocenters. The van der Waals surface area contributed by atoms with E-state index in [-0.39, 0.29) is 5.75 Å². The molecule has 7 aromatic carbocycles. The molecule has 1 heteroatoms. The summed E-state index contributed by atoms with van der Waals surface area (Å²) < 4.78 is 0. The summed E-state index contributed by atoms with van der Waals surface area (Å²) in [7, 11) is 0. The molecule has 0 heterocycles. The number of hydrogen-bond donors (Lipinski definition) is 1. The van der Waals surface area contributed by atoms with Crippen molar-refractivity contribution in [2.45, 2.75) is 0 Å². The Morgan fingerprint density at radius 2 is 0.771 bits per heavy atom. The first-order valence-corrected chi connectivity index (χ1v) is 11.9. The number of aromatic hydroxyl groups is 1. The summed E-state index contributed by atoms with van der Waals surface area (Å²) >= 11 is 0. The number of rotatable bonds is 2. The average Bonchev–Trinajstić information content (AvgIpc) is 2.91. The van der Waals surface area contributed by atoms with E-state index in [4.69, 9.17) is 0 Å². The van der Waals surface area contributed by atoms with Gasteiger partial charge >= 0.3 is 0 Å². The maximum atomic E-state index is 10.3. The van der Waals surface area contributed by atoms with Crippen LogP contribution >= 0.6 is 0 Å². The fourth-order valence-electron chi connectivity index (χ4n) is 5.63. The van der Waals surface area contributed by atoms with E-state index in [1.165, 1.54) is 49.0 Å². The minimum atomic E-state index is 0.283. The number of phenolic OH excluding ortho intramolecular Hbond substituents is 1. The lowest BCUT2D eigenvalue weighted by molar-refractivity contribution is 0.476. The van der Waals surface area contributed by atoms with Gasteiger partial charge in [0.2, 0.25) is 0 Å². The van der Waals surface area contributed by atoms with E-state index in [2.05, 4.69) is 109 Å². The second-order valence-corrected chi connectivity index (χ2v) is 9.08. The smallest absolute Gasteiger partial charge is 0.116 e. The second kappa shape index (κ2) is 7.72. The van der Waals surface area contributed by atoms with E-state index < -0.39 is 0 Å². The Hall–Kier alpha value is -4.62. The van der Waals surface area contributed by atoms with Crippen molar-refractivity contribution < 1.29 is 5.11 Å². The van der Waals surface area contributed by atoms with Crippen molar-refractivity contribution in [3.8, 4) is 28.0 Å². The molecule has 1 N–H and O–H groups in total. The van der Waals surface area contributed by atoms with Gasteiger partial charge in [-0.2, -0.15) is 0 Å². The molecule has 7 aromatic rings. The molecule has 0 bridgehead atoms. The normalized spacial score (nSPS) is 11.5. The Kier molecular flexibility index (Phi) is 4.37. The quantitative estimate of drug-likeness (QED) is 0.262.